The molecule has 0 saturated carbocycles. The molecule has 0 fully saturated rings. The van der Waals surface area contributed by atoms with E-state index in [-0.39, 0.29) is 17.2 Å². The Morgan fingerprint density at radius 2 is 1.76 bits per heavy atom. The van der Waals surface area contributed by atoms with Gasteiger partial charge in [-0.1, -0.05) is 54.2 Å². The average molecular weight is 474 g/mol. The molecule has 0 spiro atoms. The number of amides is 1. The van der Waals surface area contributed by atoms with Gasteiger partial charge in [-0.2, -0.15) is 5.10 Å². The molecule has 5 aromatic rings. The first-order valence-electron chi connectivity index (χ1n) is 10.8. The summed E-state index contributed by atoms with van der Waals surface area (Å²) in [5.74, 6) is 0.415. The van der Waals surface area contributed by atoms with Crippen molar-refractivity contribution in [2.75, 3.05) is 11.1 Å². The molecule has 1 N–H and O–H groups in total. The van der Waals surface area contributed by atoms with Crippen molar-refractivity contribution < 1.29 is 4.79 Å². The first-order chi connectivity index (χ1) is 16.4. The number of nitrogens with zero attached hydrogens (tertiary/aromatic N) is 6. The van der Waals surface area contributed by atoms with E-state index in [1.165, 1.54) is 11.8 Å². The Labute approximate surface area is 199 Å². The van der Waals surface area contributed by atoms with Gasteiger partial charge in [-0.25, -0.2) is 0 Å². The monoisotopic (exact) mass is 473 g/mol. The highest BCUT2D eigenvalue weighted by Gasteiger charge is 2.19. The average Bonchev–Trinajstić information content (AvgIpc) is 3.37. The molecular formula is C24H23N7O2S. The highest BCUT2D eigenvalue weighted by Crippen LogP contribution is 2.23. The predicted octanol–water partition coefficient (Wildman–Crippen LogP) is 3.17. The third-order valence-corrected chi connectivity index (χ3v) is 6.70. The fourth-order valence-electron chi connectivity index (χ4n) is 4.00. The molecule has 3 heterocycles. The highest BCUT2D eigenvalue weighted by molar-refractivity contribution is 7.99. The molecule has 3 aromatic heterocycles. The minimum Gasteiger partial charge on any atom is -0.322 e. The Balaban J connectivity index is 1.50. The van der Waals surface area contributed by atoms with E-state index in [0.717, 1.165) is 22.6 Å². The molecule has 9 nitrogen and oxygen atoms in total. The maximum Gasteiger partial charge on any atom is 0.263 e. The zero-order chi connectivity index (χ0) is 23.8. The summed E-state index contributed by atoms with van der Waals surface area (Å²) in [4.78, 5) is 26.0. The number of rotatable bonds is 6. The Bertz CT molecular complexity index is 1580. The Morgan fingerprint density at radius 3 is 2.50 bits per heavy atom. The van der Waals surface area contributed by atoms with Gasteiger partial charge < -0.3 is 5.32 Å². The van der Waals surface area contributed by atoms with E-state index < -0.39 is 0 Å². The molecule has 172 valence electrons. The van der Waals surface area contributed by atoms with Crippen molar-refractivity contribution >= 4 is 40.0 Å². The number of carbonyl (C=O) groups is 1. The zero-order valence-electron chi connectivity index (χ0n) is 19.0. The molecule has 1 amide bonds. The molecule has 0 aliphatic carbocycles. The van der Waals surface area contributed by atoms with Crippen LogP contribution < -0.4 is 10.9 Å². The van der Waals surface area contributed by atoms with Crippen LogP contribution in [-0.4, -0.2) is 40.6 Å². The SMILES string of the molecule is Cc1nn(C)c(C)c1NC(=O)CSc1nnc2n(Cc3ccccc3)c(=O)c3ccccc3n12. The predicted molar refractivity (Wildman–Crippen MR) is 132 cm³/mol. The number of thioether (sulfide) groups is 1. The summed E-state index contributed by atoms with van der Waals surface area (Å²) in [5.41, 5.74) is 3.94. The summed E-state index contributed by atoms with van der Waals surface area (Å²) >= 11 is 1.27. The molecule has 0 unspecified atom stereocenters. The van der Waals surface area contributed by atoms with Crippen LogP contribution in [0.25, 0.3) is 16.7 Å². The molecular weight excluding hydrogens is 450 g/mol. The Morgan fingerprint density at radius 1 is 1.03 bits per heavy atom. The number of aryl methyl sites for hydroxylation is 2. The smallest absolute Gasteiger partial charge is 0.263 e. The van der Waals surface area contributed by atoms with E-state index in [2.05, 4.69) is 20.6 Å². The van der Waals surface area contributed by atoms with Crippen LogP contribution in [0, 0.1) is 13.8 Å². The largest absolute Gasteiger partial charge is 0.322 e. The van der Waals surface area contributed by atoms with Gasteiger partial charge >= 0.3 is 0 Å². The second-order valence-electron chi connectivity index (χ2n) is 8.02. The summed E-state index contributed by atoms with van der Waals surface area (Å²) < 4.78 is 5.21. The minimum atomic E-state index is -0.164. The maximum absolute atomic E-state index is 13.3. The van der Waals surface area contributed by atoms with Gasteiger partial charge in [-0.05, 0) is 31.5 Å². The van der Waals surface area contributed by atoms with E-state index >= 15 is 0 Å². The second kappa shape index (κ2) is 8.79. The van der Waals surface area contributed by atoms with E-state index in [1.807, 2.05) is 73.8 Å². The number of para-hydroxylation sites is 1. The molecule has 10 heteroatoms. The first-order valence-corrected chi connectivity index (χ1v) is 11.8. The summed E-state index contributed by atoms with van der Waals surface area (Å²) in [6.07, 6.45) is 0. The lowest BCUT2D eigenvalue weighted by molar-refractivity contribution is -0.113. The lowest BCUT2D eigenvalue weighted by atomic mass is 10.2. The number of hydrogen-bond donors (Lipinski definition) is 1. The van der Waals surface area contributed by atoms with Gasteiger partial charge in [-0.3, -0.25) is 23.2 Å². The van der Waals surface area contributed by atoms with Crippen LogP contribution in [-0.2, 0) is 18.4 Å². The zero-order valence-corrected chi connectivity index (χ0v) is 19.8. The van der Waals surface area contributed by atoms with Crippen molar-refractivity contribution in [3.8, 4) is 0 Å². The number of aromatic nitrogens is 6. The van der Waals surface area contributed by atoms with Crippen molar-refractivity contribution in [3.05, 3.63) is 81.9 Å². The number of benzene rings is 2. The van der Waals surface area contributed by atoms with Crippen LogP contribution >= 0.6 is 11.8 Å². The van der Waals surface area contributed by atoms with Crippen LogP contribution in [0.4, 0.5) is 5.69 Å². The third-order valence-electron chi connectivity index (χ3n) is 5.77. The topological polar surface area (TPSA) is 99.1 Å². The lowest BCUT2D eigenvalue weighted by Crippen LogP contribution is -2.24. The van der Waals surface area contributed by atoms with Crippen molar-refractivity contribution in [3.63, 3.8) is 0 Å². The van der Waals surface area contributed by atoms with E-state index in [9.17, 15) is 9.59 Å². The van der Waals surface area contributed by atoms with E-state index in [0.29, 0.717) is 28.4 Å². The maximum atomic E-state index is 13.3. The van der Waals surface area contributed by atoms with Gasteiger partial charge in [0.05, 0.1) is 40.3 Å². The highest BCUT2D eigenvalue weighted by atomic mass is 32.2. The van der Waals surface area contributed by atoms with E-state index in [4.69, 9.17) is 0 Å². The van der Waals surface area contributed by atoms with Gasteiger partial charge in [-0.15, -0.1) is 10.2 Å². The van der Waals surface area contributed by atoms with Gasteiger partial charge in [0.25, 0.3) is 5.56 Å². The molecule has 0 radical (unpaired) electrons. The van der Waals surface area contributed by atoms with E-state index in [1.54, 1.807) is 15.3 Å². The second-order valence-corrected chi connectivity index (χ2v) is 8.96. The molecule has 0 aliphatic rings. The van der Waals surface area contributed by atoms with Gasteiger partial charge in [0.1, 0.15) is 0 Å². The van der Waals surface area contributed by atoms with Crippen LogP contribution in [0.3, 0.4) is 0 Å². The van der Waals surface area contributed by atoms with Crippen molar-refractivity contribution in [1.29, 1.82) is 0 Å². The van der Waals surface area contributed by atoms with Crippen LogP contribution in [0.15, 0.2) is 64.5 Å². The number of anilines is 1. The first kappa shape index (κ1) is 21.9. The standard InChI is InChI=1S/C24H23N7O2S/c1-15-21(16(2)29(3)28-15)25-20(32)14-34-24-27-26-23-30(13-17-9-5-4-6-10-17)22(33)18-11-7-8-12-19(18)31(23)24/h4-12H,13-14H2,1-3H3,(H,25,32). The van der Waals surface area contributed by atoms with Crippen molar-refractivity contribution in [1.82, 2.24) is 28.9 Å². The molecule has 34 heavy (non-hydrogen) atoms. The fraction of sp³-hybridized carbons (Fsp3) is 0.208. The number of fused-ring (bicyclic) bond motifs is 3. The Hall–Kier alpha value is -3.92. The molecule has 0 bridgehead atoms. The van der Waals surface area contributed by atoms with Crippen molar-refractivity contribution in [2.24, 2.45) is 7.05 Å². The normalized spacial score (nSPS) is 11.4. The number of hydrogen-bond acceptors (Lipinski definition) is 6. The number of nitrogens with one attached hydrogen (secondary N) is 1. The van der Waals surface area contributed by atoms with Crippen LogP contribution in [0.5, 0.6) is 0 Å². The quantitative estimate of drug-likeness (QED) is 0.380. The number of carbonyl (C=O) groups excluding carboxylic acids is 1. The molecule has 2 aromatic carbocycles. The summed E-state index contributed by atoms with van der Waals surface area (Å²) in [7, 11) is 1.84. The molecule has 0 atom stereocenters. The lowest BCUT2D eigenvalue weighted by Gasteiger charge is -2.11. The molecule has 0 aliphatic heterocycles. The minimum absolute atomic E-state index is 0.129. The van der Waals surface area contributed by atoms with Gasteiger partial charge in [0.15, 0.2) is 5.16 Å². The molecule has 5 rings (SSSR count). The van der Waals surface area contributed by atoms with Gasteiger partial charge in [0, 0.05) is 7.05 Å². The van der Waals surface area contributed by atoms with Crippen molar-refractivity contribution in [2.45, 2.75) is 25.5 Å². The van der Waals surface area contributed by atoms with Crippen LogP contribution in [0.2, 0.25) is 0 Å². The summed E-state index contributed by atoms with van der Waals surface area (Å²) in [6, 6.07) is 17.1. The van der Waals surface area contributed by atoms with Gasteiger partial charge in [0.2, 0.25) is 11.7 Å². The third kappa shape index (κ3) is 3.86. The summed E-state index contributed by atoms with van der Waals surface area (Å²) in [5, 5.41) is 17.1. The fourth-order valence-corrected chi connectivity index (χ4v) is 4.74. The Kier molecular flexibility index (Phi) is 5.66. The van der Waals surface area contributed by atoms with Crippen LogP contribution in [0.1, 0.15) is 17.0 Å². The summed E-state index contributed by atoms with van der Waals surface area (Å²) in [6.45, 7) is 4.14. The molecule has 0 saturated heterocycles.